The van der Waals surface area contributed by atoms with Gasteiger partial charge in [0, 0.05) is 13.1 Å². The van der Waals surface area contributed by atoms with Gasteiger partial charge < -0.3 is 4.98 Å². The Kier molecular flexibility index (Phi) is 2.60. The molecule has 102 valence electrons. The molecule has 2 aromatic heterocycles. The predicted octanol–water partition coefficient (Wildman–Crippen LogP) is 1.47. The molecule has 0 saturated heterocycles. The molecule has 0 aliphatic rings. The molecule has 6 heteroatoms. The first-order valence-corrected chi connectivity index (χ1v) is 6.06. The van der Waals surface area contributed by atoms with Gasteiger partial charge in [-0.15, -0.1) is 0 Å². The monoisotopic (exact) mass is 273 g/mol. The average Bonchev–Trinajstić information content (AvgIpc) is 2.72. The summed E-state index contributed by atoms with van der Waals surface area (Å²) in [4.78, 5) is 26.4. The SMILES string of the molecule is Cc1ccc(-n2c(=O)[nH]c3ccc(=O)n(C)c32)c(F)c1. The lowest BCUT2D eigenvalue weighted by Crippen LogP contribution is -2.21. The molecule has 0 saturated carbocycles. The van der Waals surface area contributed by atoms with Crippen LogP contribution in [0.1, 0.15) is 5.56 Å². The zero-order chi connectivity index (χ0) is 14.4. The van der Waals surface area contributed by atoms with Gasteiger partial charge in [0.25, 0.3) is 5.56 Å². The van der Waals surface area contributed by atoms with Crippen molar-refractivity contribution in [2.75, 3.05) is 0 Å². The van der Waals surface area contributed by atoms with Crippen LogP contribution in [0.4, 0.5) is 4.39 Å². The summed E-state index contributed by atoms with van der Waals surface area (Å²) in [6.45, 7) is 1.76. The Balaban J connectivity index is 2.48. The summed E-state index contributed by atoms with van der Waals surface area (Å²) >= 11 is 0. The highest BCUT2D eigenvalue weighted by molar-refractivity contribution is 5.73. The zero-order valence-corrected chi connectivity index (χ0v) is 11.0. The summed E-state index contributed by atoms with van der Waals surface area (Å²) in [5.74, 6) is -0.510. The Morgan fingerprint density at radius 2 is 1.90 bits per heavy atom. The number of fused-ring (bicyclic) bond motifs is 1. The summed E-state index contributed by atoms with van der Waals surface area (Å²) < 4.78 is 16.6. The summed E-state index contributed by atoms with van der Waals surface area (Å²) in [6.07, 6.45) is 0. The number of hydrogen-bond donors (Lipinski definition) is 1. The predicted molar refractivity (Wildman–Crippen MR) is 73.8 cm³/mol. The van der Waals surface area contributed by atoms with Crippen LogP contribution < -0.4 is 11.2 Å². The maximum Gasteiger partial charge on any atom is 0.332 e. The van der Waals surface area contributed by atoms with Crippen molar-refractivity contribution in [3.05, 3.63) is 62.6 Å². The first kappa shape index (κ1) is 12.4. The van der Waals surface area contributed by atoms with E-state index in [1.54, 1.807) is 20.0 Å². The lowest BCUT2D eigenvalue weighted by atomic mass is 10.2. The van der Waals surface area contributed by atoms with E-state index in [0.717, 1.165) is 5.56 Å². The Morgan fingerprint density at radius 3 is 2.60 bits per heavy atom. The van der Waals surface area contributed by atoms with Crippen LogP contribution >= 0.6 is 0 Å². The molecule has 0 aliphatic heterocycles. The number of rotatable bonds is 1. The number of hydrogen-bond acceptors (Lipinski definition) is 2. The van der Waals surface area contributed by atoms with E-state index in [1.807, 2.05) is 0 Å². The van der Waals surface area contributed by atoms with Crippen molar-refractivity contribution in [3.8, 4) is 5.69 Å². The lowest BCUT2D eigenvalue weighted by Gasteiger charge is -2.08. The fourth-order valence-electron chi connectivity index (χ4n) is 2.28. The van der Waals surface area contributed by atoms with Gasteiger partial charge in [0.1, 0.15) is 11.5 Å². The van der Waals surface area contributed by atoms with E-state index in [2.05, 4.69) is 4.98 Å². The molecule has 1 aromatic carbocycles. The molecule has 0 radical (unpaired) electrons. The number of nitrogens with one attached hydrogen (secondary N) is 1. The van der Waals surface area contributed by atoms with Gasteiger partial charge in [0.05, 0.1) is 11.2 Å². The number of aromatic amines is 1. The fraction of sp³-hybridized carbons (Fsp3) is 0.143. The number of imidazole rings is 1. The van der Waals surface area contributed by atoms with Gasteiger partial charge >= 0.3 is 5.69 Å². The highest BCUT2D eigenvalue weighted by atomic mass is 19.1. The third-order valence-electron chi connectivity index (χ3n) is 3.28. The maximum atomic E-state index is 14.1. The Labute approximate surface area is 112 Å². The molecule has 3 aromatic rings. The molecular weight excluding hydrogens is 261 g/mol. The number of benzene rings is 1. The highest BCUT2D eigenvalue weighted by Crippen LogP contribution is 2.17. The van der Waals surface area contributed by atoms with E-state index in [4.69, 9.17) is 0 Å². The summed E-state index contributed by atoms with van der Waals surface area (Å²) in [5.41, 5.74) is 0.949. The van der Waals surface area contributed by atoms with Crippen LogP contribution in [-0.2, 0) is 7.05 Å². The molecule has 0 amide bonds. The van der Waals surface area contributed by atoms with E-state index in [-0.39, 0.29) is 11.2 Å². The van der Waals surface area contributed by atoms with Gasteiger partial charge in [-0.1, -0.05) is 6.07 Å². The van der Waals surface area contributed by atoms with E-state index < -0.39 is 11.5 Å². The van der Waals surface area contributed by atoms with Crippen LogP contribution in [0.3, 0.4) is 0 Å². The van der Waals surface area contributed by atoms with E-state index in [9.17, 15) is 14.0 Å². The van der Waals surface area contributed by atoms with Crippen LogP contribution in [0.5, 0.6) is 0 Å². The zero-order valence-electron chi connectivity index (χ0n) is 11.0. The summed E-state index contributed by atoms with van der Waals surface area (Å²) in [5, 5.41) is 0. The number of H-pyrrole nitrogens is 1. The molecule has 5 nitrogen and oxygen atoms in total. The van der Waals surface area contributed by atoms with Gasteiger partial charge in [0.2, 0.25) is 0 Å². The molecule has 0 atom stereocenters. The molecule has 0 bridgehead atoms. The van der Waals surface area contributed by atoms with E-state index >= 15 is 0 Å². The number of pyridine rings is 1. The molecular formula is C14H12FN3O2. The van der Waals surface area contributed by atoms with E-state index in [0.29, 0.717) is 11.2 Å². The standard InChI is InChI=1S/C14H12FN3O2/c1-8-3-5-11(9(15)7-8)18-13-10(16-14(18)20)4-6-12(19)17(13)2/h3-7H,1-2H3,(H,16,20). The van der Waals surface area contributed by atoms with Crippen molar-refractivity contribution in [1.29, 1.82) is 0 Å². The summed E-state index contributed by atoms with van der Waals surface area (Å²) in [6, 6.07) is 7.46. The minimum atomic E-state index is -0.510. The van der Waals surface area contributed by atoms with Gasteiger partial charge in [0.15, 0.2) is 0 Å². The van der Waals surface area contributed by atoms with E-state index in [1.165, 1.54) is 33.4 Å². The van der Waals surface area contributed by atoms with Crippen molar-refractivity contribution in [2.45, 2.75) is 6.92 Å². The molecule has 0 aliphatic carbocycles. The van der Waals surface area contributed by atoms with Gasteiger partial charge in [-0.25, -0.2) is 13.8 Å². The average molecular weight is 273 g/mol. The lowest BCUT2D eigenvalue weighted by molar-refractivity contribution is 0.615. The number of aromatic nitrogens is 3. The molecule has 0 fully saturated rings. The summed E-state index contributed by atoms with van der Waals surface area (Å²) in [7, 11) is 1.54. The van der Waals surface area contributed by atoms with Crippen molar-refractivity contribution in [3.63, 3.8) is 0 Å². The second kappa shape index (κ2) is 4.19. The van der Waals surface area contributed by atoms with Crippen molar-refractivity contribution in [1.82, 2.24) is 14.1 Å². The smallest absolute Gasteiger partial charge is 0.304 e. The minimum absolute atomic E-state index is 0.119. The molecule has 3 rings (SSSR count). The van der Waals surface area contributed by atoms with Crippen LogP contribution in [0.25, 0.3) is 16.9 Å². The van der Waals surface area contributed by atoms with Crippen molar-refractivity contribution < 1.29 is 4.39 Å². The highest BCUT2D eigenvalue weighted by Gasteiger charge is 2.15. The number of halogens is 1. The van der Waals surface area contributed by atoms with Gasteiger partial charge in [-0.3, -0.25) is 9.36 Å². The topological polar surface area (TPSA) is 59.8 Å². The quantitative estimate of drug-likeness (QED) is 0.729. The first-order chi connectivity index (χ1) is 9.49. The Morgan fingerprint density at radius 1 is 1.15 bits per heavy atom. The van der Waals surface area contributed by atoms with Crippen molar-refractivity contribution >= 4 is 11.2 Å². The minimum Gasteiger partial charge on any atom is -0.304 e. The fourth-order valence-corrected chi connectivity index (χ4v) is 2.28. The van der Waals surface area contributed by atoms with Gasteiger partial charge in [-0.05, 0) is 30.7 Å². The van der Waals surface area contributed by atoms with Crippen molar-refractivity contribution in [2.24, 2.45) is 7.05 Å². The van der Waals surface area contributed by atoms with Crippen LogP contribution in [0, 0.1) is 12.7 Å². The number of nitrogens with zero attached hydrogens (tertiary/aromatic N) is 2. The number of aryl methyl sites for hydroxylation is 2. The largest absolute Gasteiger partial charge is 0.332 e. The maximum absolute atomic E-state index is 14.1. The third kappa shape index (κ3) is 1.69. The van der Waals surface area contributed by atoms with Crippen LogP contribution in [0.15, 0.2) is 39.9 Å². The molecule has 0 unspecified atom stereocenters. The normalized spacial score (nSPS) is 11.2. The molecule has 1 N–H and O–H groups in total. The third-order valence-corrected chi connectivity index (χ3v) is 3.28. The molecule has 0 spiro atoms. The Bertz CT molecular complexity index is 934. The second-order valence-corrected chi connectivity index (χ2v) is 4.69. The molecule has 20 heavy (non-hydrogen) atoms. The molecule has 2 heterocycles. The first-order valence-electron chi connectivity index (χ1n) is 6.06. The Hall–Kier alpha value is -2.63. The van der Waals surface area contributed by atoms with Crippen LogP contribution in [-0.4, -0.2) is 14.1 Å². The van der Waals surface area contributed by atoms with Gasteiger partial charge in [-0.2, -0.15) is 0 Å². The van der Waals surface area contributed by atoms with Crippen LogP contribution in [0.2, 0.25) is 0 Å². The second-order valence-electron chi connectivity index (χ2n) is 4.69.